The summed E-state index contributed by atoms with van der Waals surface area (Å²) in [5.41, 5.74) is 0.667. The van der Waals surface area contributed by atoms with Gasteiger partial charge in [0.1, 0.15) is 0 Å². The smallest absolute Gasteiger partial charge is 0.180 e. The Balaban J connectivity index is 3.41. The fourth-order valence-electron chi connectivity index (χ4n) is 2.06. The van der Waals surface area contributed by atoms with E-state index >= 15 is 0 Å². The second-order valence-electron chi connectivity index (χ2n) is 5.50. The van der Waals surface area contributed by atoms with Gasteiger partial charge >= 0.3 is 0 Å². The number of hydrogen-bond donors (Lipinski definition) is 1. The second-order valence-corrected chi connectivity index (χ2v) is 7.98. The summed E-state index contributed by atoms with van der Waals surface area (Å²) in [6, 6.07) is 7.30. The molecule has 0 aromatic heterocycles. The Labute approximate surface area is 111 Å². The molecule has 0 spiro atoms. The summed E-state index contributed by atoms with van der Waals surface area (Å²) in [7, 11) is -1.36. The largest absolute Gasteiger partial charge is 0.319 e. The van der Waals surface area contributed by atoms with E-state index in [1.165, 1.54) is 0 Å². The minimum atomic E-state index is -3.24. The van der Waals surface area contributed by atoms with Crippen LogP contribution in [0, 0.1) is 0 Å². The Bertz CT molecular complexity index is 504. The predicted molar refractivity (Wildman–Crippen MR) is 75.7 cm³/mol. The normalized spacial score (nSPS) is 13.0. The van der Waals surface area contributed by atoms with Crippen LogP contribution in [-0.4, -0.2) is 27.3 Å². The van der Waals surface area contributed by atoms with Gasteiger partial charge in [-0.1, -0.05) is 32.0 Å². The molecule has 0 unspecified atom stereocenters. The zero-order valence-corrected chi connectivity index (χ0v) is 12.6. The topological polar surface area (TPSA) is 46.2 Å². The summed E-state index contributed by atoms with van der Waals surface area (Å²) < 4.78 is 24.8. The monoisotopic (exact) mass is 269 g/mol. The highest BCUT2D eigenvalue weighted by molar-refractivity contribution is 7.92. The van der Waals surface area contributed by atoms with Gasteiger partial charge in [-0.05, 0) is 32.5 Å². The third-order valence-electron chi connectivity index (χ3n) is 3.16. The molecule has 0 heterocycles. The average Bonchev–Trinajstić information content (AvgIpc) is 2.28. The van der Waals surface area contributed by atoms with Crippen molar-refractivity contribution in [3.63, 3.8) is 0 Å². The molecule has 1 aromatic rings. The maximum Gasteiger partial charge on any atom is 0.180 e. The van der Waals surface area contributed by atoms with Gasteiger partial charge in [0.05, 0.1) is 10.1 Å². The molecule has 1 rings (SSSR count). The molecule has 0 aliphatic carbocycles. The summed E-state index contributed by atoms with van der Waals surface area (Å²) in [6.45, 7) is 8.28. The van der Waals surface area contributed by atoms with E-state index in [0.717, 1.165) is 12.1 Å². The zero-order chi connectivity index (χ0) is 14.0. The van der Waals surface area contributed by atoms with E-state index in [0.29, 0.717) is 4.90 Å². The van der Waals surface area contributed by atoms with Crippen LogP contribution in [0.4, 0.5) is 0 Å². The van der Waals surface area contributed by atoms with Crippen molar-refractivity contribution in [2.75, 3.05) is 13.6 Å². The standard InChI is InChI=1S/C14H23NO2S/c1-11(2)18(16,17)13-9-7-6-8-12(13)14(3,4)10-15-5/h6-9,11,15H,10H2,1-5H3. The molecule has 0 radical (unpaired) electrons. The van der Waals surface area contributed by atoms with E-state index in [1.807, 2.05) is 19.2 Å². The molecule has 18 heavy (non-hydrogen) atoms. The second kappa shape index (κ2) is 5.41. The summed E-state index contributed by atoms with van der Waals surface area (Å²) in [5.74, 6) is 0. The predicted octanol–water partition coefficient (Wildman–Crippen LogP) is 2.37. The lowest BCUT2D eigenvalue weighted by atomic mass is 9.84. The lowest BCUT2D eigenvalue weighted by Crippen LogP contribution is -2.33. The van der Waals surface area contributed by atoms with Gasteiger partial charge in [-0.25, -0.2) is 8.42 Å². The van der Waals surface area contributed by atoms with E-state index in [4.69, 9.17) is 0 Å². The molecular formula is C14H23NO2S. The van der Waals surface area contributed by atoms with Crippen LogP contribution in [0.1, 0.15) is 33.3 Å². The van der Waals surface area contributed by atoms with Crippen LogP contribution in [0.25, 0.3) is 0 Å². The average molecular weight is 269 g/mol. The number of nitrogens with one attached hydrogen (secondary N) is 1. The van der Waals surface area contributed by atoms with Gasteiger partial charge in [-0.15, -0.1) is 0 Å². The molecule has 1 N–H and O–H groups in total. The molecule has 0 aliphatic heterocycles. The van der Waals surface area contributed by atoms with E-state index in [1.54, 1.807) is 26.0 Å². The fourth-order valence-corrected chi connectivity index (χ4v) is 3.49. The van der Waals surface area contributed by atoms with Crippen molar-refractivity contribution in [2.24, 2.45) is 0 Å². The fraction of sp³-hybridized carbons (Fsp3) is 0.571. The first-order valence-corrected chi connectivity index (χ1v) is 7.76. The van der Waals surface area contributed by atoms with Crippen LogP contribution in [0.5, 0.6) is 0 Å². The minimum Gasteiger partial charge on any atom is -0.319 e. The van der Waals surface area contributed by atoms with Crippen molar-refractivity contribution in [1.29, 1.82) is 0 Å². The van der Waals surface area contributed by atoms with E-state index in [9.17, 15) is 8.42 Å². The van der Waals surface area contributed by atoms with E-state index < -0.39 is 15.1 Å². The first-order chi connectivity index (χ1) is 8.23. The molecular weight excluding hydrogens is 246 g/mol. The molecule has 0 atom stereocenters. The van der Waals surface area contributed by atoms with Crippen LogP contribution < -0.4 is 5.32 Å². The molecule has 0 saturated heterocycles. The summed E-state index contributed by atoms with van der Waals surface area (Å²) in [5, 5.41) is 2.72. The lowest BCUT2D eigenvalue weighted by Gasteiger charge is -2.28. The Morgan fingerprint density at radius 3 is 2.28 bits per heavy atom. The van der Waals surface area contributed by atoms with Crippen LogP contribution >= 0.6 is 0 Å². The summed E-state index contributed by atoms with van der Waals surface area (Å²) in [6.07, 6.45) is 0. The van der Waals surface area contributed by atoms with E-state index in [2.05, 4.69) is 19.2 Å². The minimum absolute atomic E-state index is 0.215. The van der Waals surface area contributed by atoms with Crippen LogP contribution in [-0.2, 0) is 15.3 Å². The molecule has 0 amide bonds. The highest BCUT2D eigenvalue weighted by atomic mass is 32.2. The highest BCUT2D eigenvalue weighted by Gasteiger charge is 2.29. The quantitative estimate of drug-likeness (QED) is 0.892. The van der Waals surface area contributed by atoms with Crippen LogP contribution in [0.3, 0.4) is 0 Å². The highest BCUT2D eigenvalue weighted by Crippen LogP contribution is 2.30. The summed E-state index contributed by atoms with van der Waals surface area (Å²) >= 11 is 0. The SMILES string of the molecule is CNCC(C)(C)c1ccccc1S(=O)(=O)C(C)C. The number of rotatable bonds is 5. The van der Waals surface area contributed by atoms with Crippen molar-refractivity contribution < 1.29 is 8.42 Å². The van der Waals surface area contributed by atoms with Gasteiger partial charge in [-0.3, -0.25) is 0 Å². The van der Waals surface area contributed by atoms with Crippen LogP contribution in [0.2, 0.25) is 0 Å². The number of likely N-dealkylation sites (N-methyl/N-ethyl adjacent to an activating group) is 1. The van der Waals surface area contributed by atoms with E-state index in [-0.39, 0.29) is 5.41 Å². The van der Waals surface area contributed by atoms with Crippen molar-refractivity contribution in [2.45, 2.75) is 43.3 Å². The van der Waals surface area contributed by atoms with Gasteiger partial charge in [0, 0.05) is 12.0 Å². The molecule has 0 saturated carbocycles. The third kappa shape index (κ3) is 2.93. The molecule has 0 aliphatic rings. The molecule has 3 nitrogen and oxygen atoms in total. The Morgan fingerprint density at radius 2 is 1.78 bits per heavy atom. The first-order valence-electron chi connectivity index (χ1n) is 6.21. The summed E-state index contributed by atoms with van der Waals surface area (Å²) in [4.78, 5) is 0.459. The molecule has 4 heteroatoms. The van der Waals surface area contributed by atoms with Crippen molar-refractivity contribution in [3.05, 3.63) is 29.8 Å². The Morgan fingerprint density at radius 1 is 1.22 bits per heavy atom. The van der Waals surface area contributed by atoms with Gasteiger partial charge in [0.15, 0.2) is 9.84 Å². The van der Waals surface area contributed by atoms with Crippen molar-refractivity contribution in [3.8, 4) is 0 Å². The first kappa shape index (κ1) is 15.2. The van der Waals surface area contributed by atoms with Gasteiger partial charge in [-0.2, -0.15) is 0 Å². The van der Waals surface area contributed by atoms with Crippen LogP contribution in [0.15, 0.2) is 29.2 Å². The maximum absolute atomic E-state index is 12.4. The number of hydrogen-bond acceptors (Lipinski definition) is 3. The van der Waals surface area contributed by atoms with Crippen molar-refractivity contribution in [1.82, 2.24) is 5.32 Å². The molecule has 102 valence electrons. The zero-order valence-electron chi connectivity index (χ0n) is 11.8. The molecule has 0 fully saturated rings. The van der Waals surface area contributed by atoms with Gasteiger partial charge in [0.2, 0.25) is 0 Å². The Kier molecular flexibility index (Phi) is 4.56. The molecule has 1 aromatic carbocycles. The Hall–Kier alpha value is -0.870. The molecule has 0 bridgehead atoms. The third-order valence-corrected chi connectivity index (χ3v) is 5.37. The van der Waals surface area contributed by atoms with Gasteiger partial charge in [0.25, 0.3) is 0 Å². The number of sulfone groups is 1. The van der Waals surface area contributed by atoms with Gasteiger partial charge < -0.3 is 5.32 Å². The van der Waals surface area contributed by atoms with Crippen molar-refractivity contribution >= 4 is 9.84 Å². The number of benzene rings is 1. The maximum atomic E-state index is 12.4. The lowest BCUT2D eigenvalue weighted by molar-refractivity contribution is 0.482.